The van der Waals surface area contributed by atoms with Gasteiger partial charge in [-0.3, -0.25) is 0 Å². The summed E-state index contributed by atoms with van der Waals surface area (Å²) in [5.74, 6) is 0. The van der Waals surface area contributed by atoms with Crippen molar-refractivity contribution in [2.45, 2.75) is 70.1 Å². The van der Waals surface area contributed by atoms with Gasteiger partial charge in [0.05, 0.1) is 12.1 Å². The molecule has 18 heavy (non-hydrogen) atoms. The highest BCUT2D eigenvalue weighted by atomic mass is 32.2. The Morgan fingerprint density at radius 1 is 1.33 bits per heavy atom. The molecule has 1 fully saturated rings. The molecule has 1 rings (SSSR count). The van der Waals surface area contributed by atoms with Crippen LogP contribution in [0.15, 0.2) is 0 Å². The second kappa shape index (κ2) is 8.38. The Bertz CT molecular complexity index is 223. The van der Waals surface area contributed by atoms with Gasteiger partial charge in [0, 0.05) is 19.2 Å². The highest BCUT2D eigenvalue weighted by Gasteiger charge is 2.32. The predicted molar refractivity (Wildman–Crippen MR) is 76.9 cm³/mol. The first-order valence-electron chi connectivity index (χ1n) is 7.09. The van der Waals surface area contributed by atoms with Crippen molar-refractivity contribution < 1.29 is 10.2 Å². The maximum atomic E-state index is 9.94. The Kier molecular flexibility index (Phi) is 7.56. The number of rotatable bonds is 8. The molecule has 0 aromatic heterocycles. The SMILES string of the molecule is CCCCC(O)N(C)SNC1(CO)CCCCC1. The minimum atomic E-state index is -0.415. The van der Waals surface area contributed by atoms with E-state index >= 15 is 0 Å². The van der Waals surface area contributed by atoms with Crippen molar-refractivity contribution in [1.82, 2.24) is 9.03 Å². The van der Waals surface area contributed by atoms with Crippen LogP contribution in [0.2, 0.25) is 0 Å². The molecule has 1 saturated carbocycles. The molecule has 1 aliphatic rings. The number of nitrogens with zero attached hydrogens (tertiary/aromatic N) is 1. The van der Waals surface area contributed by atoms with Crippen molar-refractivity contribution in [1.29, 1.82) is 0 Å². The quantitative estimate of drug-likeness (QED) is 0.469. The molecule has 0 heterocycles. The molecule has 0 radical (unpaired) electrons. The summed E-state index contributed by atoms with van der Waals surface area (Å²) in [7, 11) is 1.89. The van der Waals surface area contributed by atoms with Crippen LogP contribution in [-0.2, 0) is 0 Å². The Balaban J connectivity index is 2.32. The van der Waals surface area contributed by atoms with Gasteiger partial charge in [-0.15, -0.1) is 0 Å². The average molecular weight is 276 g/mol. The monoisotopic (exact) mass is 276 g/mol. The summed E-state index contributed by atoms with van der Waals surface area (Å²) in [6.45, 7) is 2.31. The van der Waals surface area contributed by atoms with Crippen molar-refractivity contribution in [3.05, 3.63) is 0 Å². The van der Waals surface area contributed by atoms with Crippen LogP contribution in [0.5, 0.6) is 0 Å². The van der Waals surface area contributed by atoms with Crippen molar-refractivity contribution in [3.8, 4) is 0 Å². The number of aliphatic hydroxyl groups excluding tert-OH is 2. The van der Waals surface area contributed by atoms with Crippen LogP contribution >= 0.6 is 12.1 Å². The molecule has 4 nitrogen and oxygen atoms in total. The minimum absolute atomic E-state index is 0.151. The van der Waals surface area contributed by atoms with Gasteiger partial charge < -0.3 is 10.2 Å². The fourth-order valence-corrected chi connectivity index (χ4v) is 3.15. The van der Waals surface area contributed by atoms with Crippen LogP contribution in [0, 0.1) is 0 Å². The molecular formula is C13H28N2O2S. The van der Waals surface area contributed by atoms with E-state index in [1.807, 2.05) is 11.4 Å². The zero-order chi connectivity index (χ0) is 13.4. The first-order chi connectivity index (χ1) is 8.63. The highest BCUT2D eigenvalue weighted by Crippen LogP contribution is 2.30. The van der Waals surface area contributed by atoms with Crippen molar-refractivity contribution >= 4 is 12.1 Å². The molecule has 0 aromatic carbocycles. The van der Waals surface area contributed by atoms with Crippen molar-refractivity contribution in [3.63, 3.8) is 0 Å². The fraction of sp³-hybridized carbons (Fsp3) is 1.00. The zero-order valence-electron chi connectivity index (χ0n) is 11.7. The maximum Gasteiger partial charge on any atom is 0.117 e. The first-order valence-corrected chi connectivity index (χ1v) is 7.87. The molecule has 3 N–H and O–H groups in total. The van der Waals surface area contributed by atoms with Crippen LogP contribution in [-0.4, -0.2) is 39.9 Å². The molecule has 0 amide bonds. The number of hydrogen-bond acceptors (Lipinski definition) is 5. The number of hydrogen-bond donors (Lipinski definition) is 3. The van der Waals surface area contributed by atoms with Gasteiger partial charge in [0.1, 0.15) is 6.23 Å². The van der Waals surface area contributed by atoms with Gasteiger partial charge in [0.2, 0.25) is 0 Å². The normalized spacial score (nSPS) is 21.2. The van der Waals surface area contributed by atoms with E-state index in [0.717, 1.165) is 32.1 Å². The summed E-state index contributed by atoms with van der Waals surface area (Å²) >= 11 is 1.44. The van der Waals surface area contributed by atoms with Gasteiger partial charge in [-0.2, -0.15) is 0 Å². The van der Waals surface area contributed by atoms with Gasteiger partial charge in [-0.25, -0.2) is 9.03 Å². The van der Waals surface area contributed by atoms with E-state index in [1.54, 1.807) is 0 Å². The van der Waals surface area contributed by atoms with Gasteiger partial charge in [-0.1, -0.05) is 32.6 Å². The fourth-order valence-electron chi connectivity index (χ4n) is 2.32. The molecule has 0 aromatic rings. The van der Waals surface area contributed by atoms with Gasteiger partial charge in [0.25, 0.3) is 0 Å². The lowest BCUT2D eigenvalue weighted by Gasteiger charge is -2.37. The molecule has 5 heteroatoms. The van der Waals surface area contributed by atoms with Gasteiger partial charge in [-0.05, 0) is 25.7 Å². The lowest BCUT2D eigenvalue weighted by atomic mass is 9.83. The molecule has 0 aliphatic heterocycles. The molecule has 1 atom stereocenters. The molecule has 1 aliphatic carbocycles. The topological polar surface area (TPSA) is 55.7 Å². The van der Waals surface area contributed by atoms with Crippen LogP contribution in [0.3, 0.4) is 0 Å². The highest BCUT2D eigenvalue weighted by molar-refractivity contribution is 7.95. The smallest absolute Gasteiger partial charge is 0.117 e. The summed E-state index contributed by atoms with van der Waals surface area (Å²) in [4.78, 5) is 0. The number of unbranched alkanes of at least 4 members (excludes halogenated alkanes) is 1. The number of aliphatic hydroxyl groups is 2. The van der Waals surface area contributed by atoms with E-state index in [-0.39, 0.29) is 12.1 Å². The summed E-state index contributed by atoms with van der Waals surface area (Å²) in [6.07, 6.45) is 8.19. The third kappa shape index (κ3) is 5.05. The lowest BCUT2D eigenvalue weighted by Crippen LogP contribution is -2.48. The van der Waals surface area contributed by atoms with Crippen LogP contribution in [0.1, 0.15) is 58.3 Å². The van der Waals surface area contributed by atoms with Crippen molar-refractivity contribution in [2.75, 3.05) is 13.7 Å². The van der Waals surface area contributed by atoms with Crippen LogP contribution < -0.4 is 4.72 Å². The average Bonchev–Trinajstić information content (AvgIpc) is 2.43. The van der Waals surface area contributed by atoms with E-state index in [2.05, 4.69) is 11.6 Å². The van der Waals surface area contributed by atoms with Gasteiger partial charge in [0.15, 0.2) is 0 Å². The summed E-state index contributed by atoms with van der Waals surface area (Å²) < 4.78 is 5.22. The Morgan fingerprint density at radius 3 is 2.56 bits per heavy atom. The standard InChI is InChI=1S/C13H28N2O2S/c1-3-4-8-12(17)15(2)18-14-13(11-16)9-6-5-7-10-13/h12,14,16-17H,3-11H2,1-2H3. The largest absolute Gasteiger partial charge is 0.394 e. The Labute approximate surface area is 115 Å². The molecular weight excluding hydrogens is 248 g/mol. The summed E-state index contributed by atoms with van der Waals surface area (Å²) in [5, 5.41) is 19.5. The second-order valence-electron chi connectivity index (χ2n) is 5.36. The van der Waals surface area contributed by atoms with Crippen LogP contribution in [0.25, 0.3) is 0 Å². The zero-order valence-corrected chi connectivity index (χ0v) is 12.5. The predicted octanol–water partition coefficient (Wildman–Crippen LogP) is 2.27. The minimum Gasteiger partial charge on any atom is -0.394 e. The van der Waals surface area contributed by atoms with E-state index in [0.29, 0.717) is 0 Å². The first kappa shape index (κ1) is 16.2. The van der Waals surface area contributed by atoms with Gasteiger partial charge >= 0.3 is 0 Å². The molecule has 0 bridgehead atoms. The summed E-state index contributed by atoms with van der Waals surface area (Å²) in [5.41, 5.74) is -0.151. The molecule has 0 saturated heterocycles. The number of nitrogens with one attached hydrogen (secondary N) is 1. The van der Waals surface area contributed by atoms with Crippen LogP contribution in [0.4, 0.5) is 0 Å². The third-order valence-corrected chi connectivity index (χ3v) is 4.81. The Hall–Kier alpha value is 0.190. The summed E-state index contributed by atoms with van der Waals surface area (Å²) in [6, 6.07) is 0. The van der Waals surface area contributed by atoms with E-state index < -0.39 is 6.23 Å². The van der Waals surface area contributed by atoms with Crippen molar-refractivity contribution in [2.24, 2.45) is 0 Å². The Morgan fingerprint density at radius 2 is 2.00 bits per heavy atom. The second-order valence-corrected chi connectivity index (χ2v) is 6.32. The molecule has 108 valence electrons. The molecule has 1 unspecified atom stereocenters. The third-order valence-electron chi connectivity index (χ3n) is 3.76. The van der Waals surface area contributed by atoms with E-state index in [9.17, 15) is 10.2 Å². The lowest BCUT2D eigenvalue weighted by molar-refractivity contribution is 0.0725. The van der Waals surface area contributed by atoms with E-state index in [1.165, 1.54) is 31.4 Å². The van der Waals surface area contributed by atoms with E-state index in [4.69, 9.17) is 0 Å². The molecule has 0 spiro atoms. The maximum absolute atomic E-state index is 9.94.